The van der Waals surface area contributed by atoms with Crippen LogP contribution < -0.4 is 5.73 Å². The summed E-state index contributed by atoms with van der Waals surface area (Å²) in [4.78, 5) is 15.0. The largest absolute Gasteiger partial charge is 0.378 e. The van der Waals surface area contributed by atoms with Crippen LogP contribution >= 0.6 is 39.7 Å². The number of nitrogens with two attached hydrogens (primary N) is 1. The summed E-state index contributed by atoms with van der Waals surface area (Å²) in [5, 5.41) is 1.94. The molecule has 2 N–H and O–H groups in total. The van der Waals surface area contributed by atoms with Gasteiger partial charge in [0, 0.05) is 29.5 Å². The smallest absolute Gasteiger partial charge is 0.263 e. The van der Waals surface area contributed by atoms with Crippen LogP contribution in [0.4, 0.5) is 0 Å². The van der Waals surface area contributed by atoms with E-state index in [0.717, 1.165) is 48.3 Å². The number of rotatable bonds is 5. The monoisotopic (exact) mass is 382 g/mol. The third-order valence-corrected chi connectivity index (χ3v) is 4.89. The molecule has 7 heteroatoms. The van der Waals surface area contributed by atoms with Gasteiger partial charge in [-0.25, -0.2) is 0 Å². The van der Waals surface area contributed by atoms with Gasteiger partial charge in [0.1, 0.15) is 0 Å². The lowest BCUT2D eigenvalue weighted by atomic mass is 10.1. The van der Waals surface area contributed by atoms with E-state index >= 15 is 0 Å². The molecule has 1 amide bonds. The van der Waals surface area contributed by atoms with Gasteiger partial charge in [0.2, 0.25) is 0 Å². The van der Waals surface area contributed by atoms with E-state index in [2.05, 4.69) is 15.9 Å². The number of carbonyl (C=O) groups excluding carboxylic acids is 1. The number of halogens is 2. The Morgan fingerprint density at radius 1 is 1.50 bits per heavy atom. The second-order valence-corrected chi connectivity index (χ2v) is 6.46. The molecule has 1 aromatic rings. The van der Waals surface area contributed by atoms with Crippen LogP contribution in [0.3, 0.4) is 0 Å². The van der Waals surface area contributed by atoms with Gasteiger partial charge in [-0.15, -0.1) is 23.7 Å². The van der Waals surface area contributed by atoms with Gasteiger partial charge in [0.25, 0.3) is 5.91 Å². The molecule has 0 bridgehead atoms. The topological polar surface area (TPSA) is 55.6 Å². The average Bonchev–Trinajstić information content (AvgIpc) is 2.86. The summed E-state index contributed by atoms with van der Waals surface area (Å²) >= 11 is 4.86. The highest BCUT2D eigenvalue weighted by Gasteiger charge is 2.24. The van der Waals surface area contributed by atoms with Crippen molar-refractivity contribution in [2.24, 2.45) is 5.73 Å². The van der Waals surface area contributed by atoms with E-state index in [1.807, 2.05) is 16.3 Å². The van der Waals surface area contributed by atoms with Crippen LogP contribution in [0.2, 0.25) is 0 Å². The van der Waals surface area contributed by atoms with E-state index in [4.69, 9.17) is 10.5 Å². The highest BCUT2D eigenvalue weighted by molar-refractivity contribution is 9.10. The molecule has 0 atom stereocenters. The molecule has 2 rings (SSSR count). The summed E-state index contributed by atoms with van der Waals surface area (Å²) in [6, 6.07) is 1.89. The molecule has 0 aromatic carbocycles. The Kier molecular flexibility index (Phi) is 8.06. The highest BCUT2D eigenvalue weighted by atomic mass is 79.9. The molecule has 1 aromatic heterocycles. The van der Waals surface area contributed by atoms with Gasteiger partial charge in [0.05, 0.1) is 11.0 Å². The van der Waals surface area contributed by atoms with Crippen LogP contribution in [0.15, 0.2) is 15.9 Å². The molecule has 20 heavy (non-hydrogen) atoms. The first kappa shape index (κ1) is 17.9. The second kappa shape index (κ2) is 9.00. The molecule has 0 spiro atoms. The number of likely N-dealkylation sites (tertiary alicyclic amines) is 1. The van der Waals surface area contributed by atoms with Crippen LogP contribution in [-0.2, 0) is 4.74 Å². The lowest BCUT2D eigenvalue weighted by Gasteiger charge is -2.31. The van der Waals surface area contributed by atoms with Gasteiger partial charge in [-0.1, -0.05) is 0 Å². The summed E-state index contributed by atoms with van der Waals surface area (Å²) in [7, 11) is 0. The Morgan fingerprint density at radius 2 is 2.20 bits per heavy atom. The standard InChI is InChI=1S/C13H19BrN2O2S.ClH/c14-10-8-12(19-9-10)13(17)16-5-2-11(3-6-16)18-7-1-4-15;/h8-9,11H,1-7,15H2;1H. The van der Waals surface area contributed by atoms with Crippen LogP contribution in [0.25, 0.3) is 0 Å². The Balaban J connectivity index is 0.00000200. The van der Waals surface area contributed by atoms with Crippen LogP contribution in [0.1, 0.15) is 28.9 Å². The molecule has 0 radical (unpaired) electrons. The molecule has 2 heterocycles. The number of piperidine rings is 1. The van der Waals surface area contributed by atoms with E-state index in [1.165, 1.54) is 11.3 Å². The number of carbonyl (C=O) groups is 1. The number of nitrogens with zero attached hydrogens (tertiary/aromatic N) is 1. The predicted octanol–water partition coefficient (Wildman–Crippen LogP) is 2.90. The Bertz CT molecular complexity index is 422. The quantitative estimate of drug-likeness (QED) is 0.795. The minimum absolute atomic E-state index is 0. The first-order chi connectivity index (χ1) is 9.20. The summed E-state index contributed by atoms with van der Waals surface area (Å²) in [6.45, 7) is 2.96. The predicted molar refractivity (Wildman–Crippen MR) is 87.8 cm³/mol. The number of hydrogen-bond acceptors (Lipinski definition) is 4. The Hall–Kier alpha value is -0.140. The molecule has 0 unspecified atom stereocenters. The third-order valence-electron chi connectivity index (χ3n) is 3.21. The molecule has 1 aliphatic rings. The van der Waals surface area contributed by atoms with E-state index in [-0.39, 0.29) is 24.4 Å². The van der Waals surface area contributed by atoms with Crippen molar-refractivity contribution in [2.45, 2.75) is 25.4 Å². The second-order valence-electron chi connectivity index (χ2n) is 4.63. The number of hydrogen-bond donors (Lipinski definition) is 1. The van der Waals surface area contributed by atoms with E-state index in [9.17, 15) is 4.79 Å². The van der Waals surface area contributed by atoms with Gasteiger partial charge in [-0.3, -0.25) is 4.79 Å². The molecule has 4 nitrogen and oxygen atoms in total. The third kappa shape index (κ3) is 5.00. The maximum absolute atomic E-state index is 12.2. The summed E-state index contributed by atoms with van der Waals surface area (Å²) in [6.07, 6.45) is 3.03. The van der Waals surface area contributed by atoms with Gasteiger partial charge in [-0.2, -0.15) is 0 Å². The molecule has 1 fully saturated rings. The van der Waals surface area contributed by atoms with Crippen molar-refractivity contribution in [2.75, 3.05) is 26.2 Å². The Morgan fingerprint density at radius 3 is 2.75 bits per heavy atom. The summed E-state index contributed by atoms with van der Waals surface area (Å²) in [5.74, 6) is 0.135. The van der Waals surface area contributed by atoms with E-state index < -0.39 is 0 Å². The maximum atomic E-state index is 12.2. The number of thiophene rings is 1. The number of amides is 1. The molecule has 1 saturated heterocycles. The van der Waals surface area contributed by atoms with Crippen molar-refractivity contribution in [3.63, 3.8) is 0 Å². The lowest BCUT2D eigenvalue weighted by Crippen LogP contribution is -2.40. The lowest BCUT2D eigenvalue weighted by molar-refractivity contribution is 0.00858. The average molecular weight is 384 g/mol. The van der Waals surface area contributed by atoms with Crippen molar-refractivity contribution in [1.29, 1.82) is 0 Å². The number of ether oxygens (including phenoxy) is 1. The van der Waals surface area contributed by atoms with Gasteiger partial charge in [0.15, 0.2) is 0 Å². The van der Waals surface area contributed by atoms with Gasteiger partial charge >= 0.3 is 0 Å². The normalized spacial score (nSPS) is 16.0. The fraction of sp³-hybridized carbons (Fsp3) is 0.615. The summed E-state index contributed by atoms with van der Waals surface area (Å²) < 4.78 is 6.71. The van der Waals surface area contributed by atoms with Crippen molar-refractivity contribution in [3.8, 4) is 0 Å². The molecule has 114 valence electrons. The van der Waals surface area contributed by atoms with Crippen molar-refractivity contribution >= 4 is 45.6 Å². The molecule has 1 aliphatic heterocycles. The minimum atomic E-state index is 0. The van der Waals surface area contributed by atoms with Gasteiger partial charge in [-0.05, 0) is 47.8 Å². The molecule has 0 aliphatic carbocycles. The first-order valence-electron chi connectivity index (χ1n) is 6.55. The van der Waals surface area contributed by atoms with E-state index in [1.54, 1.807) is 0 Å². The van der Waals surface area contributed by atoms with Crippen molar-refractivity contribution in [1.82, 2.24) is 4.90 Å². The molecular weight excluding hydrogens is 364 g/mol. The SMILES string of the molecule is Cl.NCCCOC1CCN(C(=O)c2cc(Br)cs2)CC1. The van der Waals surface area contributed by atoms with Crippen molar-refractivity contribution < 1.29 is 9.53 Å². The molecule has 0 saturated carbocycles. The first-order valence-corrected chi connectivity index (χ1v) is 8.23. The zero-order valence-corrected chi connectivity index (χ0v) is 14.4. The van der Waals surface area contributed by atoms with Crippen LogP contribution in [0, 0.1) is 0 Å². The maximum Gasteiger partial charge on any atom is 0.263 e. The van der Waals surface area contributed by atoms with Crippen molar-refractivity contribution in [3.05, 3.63) is 20.8 Å². The van der Waals surface area contributed by atoms with Gasteiger partial charge < -0.3 is 15.4 Å². The fourth-order valence-corrected chi connectivity index (χ4v) is 3.53. The Labute approximate surface area is 138 Å². The zero-order chi connectivity index (χ0) is 13.7. The van der Waals surface area contributed by atoms with Crippen LogP contribution in [-0.4, -0.2) is 43.2 Å². The van der Waals surface area contributed by atoms with E-state index in [0.29, 0.717) is 6.54 Å². The zero-order valence-electron chi connectivity index (χ0n) is 11.2. The van der Waals surface area contributed by atoms with Crippen LogP contribution in [0.5, 0.6) is 0 Å². The minimum Gasteiger partial charge on any atom is -0.378 e. The summed E-state index contributed by atoms with van der Waals surface area (Å²) in [5.41, 5.74) is 5.44. The highest BCUT2D eigenvalue weighted by Crippen LogP contribution is 2.23. The molecular formula is C13H20BrClN2O2S. The fourth-order valence-electron chi connectivity index (χ4n) is 2.14.